The van der Waals surface area contributed by atoms with E-state index in [-0.39, 0.29) is 35.6 Å². The van der Waals surface area contributed by atoms with Crippen LogP contribution in [-0.4, -0.2) is 84.6 Å². The van der Waals surface area contributed by atoms with E-state index in [1.165, 1.54) is 0 Å². The maximum absolute atomic E-state index is 13.8. The molecule has 270 valence electrons. The van der Waals surface area contributed by atoms with E-state index in [1.54, 1.807) is 32.9 Å². The van der Waals surface area contributed by atoms with Crippen molar-refractivity contribution in [1.82, 2.24) is 20.3 Å². The number of nitro benzene ring substituents is 1. The molecule has 0 aliphatic heterocycles. The second-order valence-corrected chi connectivity index (χ2v) is 15.8. The molecule has 1 aliphatic carbocycles. The van der Waals surface area contributed by atoms with E-state index < -0.39 is 69.5 Å². The number of rotatable bonds is 16. The first-order valence-electron chi connectivity index (χ1n) is 16.5. The molecule has 0 radical (unpaired) electrons. The van der Waals surface area contributed by atoms with Gasteiger partial charge in [-0.1, -0.05) is 65.0 Å². The van der Waals surface area contributed by atoms with Crippen LogP contribution in [0.5, 0.6) is 0 Å². The second kappa shape index (κ2) is 17.5. The number of alkyl carbamates (subject to hydrolysis) is 1. The molecule has 0 heterocycles. The normalized spacial score (nSPS) is 15.8. The zero-order chi connectivity index (χ0) is 36.4. The van der Waals surface area contributed by atoms with Gasteiger partial charge >= 0.3 is 6.09 Å². The van der Waals surface area contributed by atoms with E-state index in [2.05, 4.69) is 16.0 Å². The average molecular weight is 704 g/mol. The summed E-state index contributed by atoms with van der Waals surface area (Å²) in [5.41, 5.74) is -0.294. The molecular weight excluding hydrogens is 654 g/mol. The molecule has 3 rings (SSSR count). The third kappa shape index (κ3) is 12.1. The Morgan fingerprint density at radius 1 is 1.00 bits per heavy atom. The predicted molar refractivity (Wildman–Crippen MR) is 183 cm³/mol. The molecule has 1 saturated carbocycles. The summed E-state index contributed by atoms with van der Waals surface area (Å²) in [6, 6.07) is 11.5. The summed E-state index contributed by atoms with van der Waals surface area (Å²) < 4.78 is 33.9. The van der Waals surface area contributed by atoms with Gasteiger partial charge in [-0.3, -0.25) is 19.7 Å². The summed E-state index contributed by atoms with van der Waals surface area (Å²) in [4.78, 5) is 49.2. The maximum atomic E-state index is 13.8. The van der Waals surface area contributed by atoms with Crippen molar-refractivity contribution in [3.05, 3.63) is 70.3 Å². The highest BCUT2D eigenvalue weighted by Crippen LogP contribution is 2.24. The molecule has 0 saturated heterocycles. The smallest absolute Gasteiger partial charge is 0.407 e. The minimum atomic E-state index is -4.21. The van der Waals surface area contributed by atoms with E-state index in [1.807, 2.05) is 32.0 Å². The number of nitrogens with zero attached hydrogens (tertiary/aromatic N) is 2. The summed E-state index contributed by atoms with van der Waals surface area (Å²) in [5, 5.41) is 30.7. The number of hydrogen-bond acceptors (Lipinski definition) is 9. The molecule has 49 heavy (non-hydrogen) atoms. The molecule has 0 aromatic heterocycles. The zero-order valence-electron chi connectivity index (χ0n) is 28.8. The maximum Gasteiger partial charge on any atom is 0.407 e. The van der Waals surface area contributed by atoms with E-state index in [0.717, 1.165) is 59.8 Å². The van der Waals surface area contributed by atoms with Crippen LogP contribution in [0.4, 0.5) is 10.5 Å². The molecule has 14 nitrogen and oxygen atoms in total. The lowest BCUT2D eigenvalue weighted by Gasteiger charge is -2.34. The van der Waals surface area contributed by atoms with Crippen LogP contribution in [0.25, 0.3) is 0 Å². The Labute approximate surface area is 288 Å². The molecule has 3 amide bonds. The Morgan fingerprint density at radius 3 is 2.16 bits per heavy atom. The van der Waals surface area contributed by atoms with Crippen molar-refractivity contribution in [3.63, 3.8) is 0 Å². The van der Waals surface area contributed by atoms with Crippen LogP contribution in [0.1, 0.15) is 65.9 Å². The van der Waals surface area contributed by atoms with Crippen molar-refractivity contribution >= 4 is 33.6 Å². The van der Waals surface area contributed by atoms with Crippen LogP contribution >= 0.6 is 0 Å². The third-order valence-electron chi connectivity index (χ3n) is 8.14. The summed E-state index contributed by atoms with van der Waals surface area (Å²) in [5.74, 6) is -1.37. The fraction of sp³-hybridized carbons (Fsp3) is 0.559. The molecule has 0 bridgehead atoms. The van der Waals surface area contributed by atoms with Gasteiger partial charge in [0.1, 0.15) is 18.7 Å². The first kappa shape index (κ1) is 39.4. The molecule has 0 spiro atoms. The highest BCUT2D eigenvalue weighted by atomic mass is 32.2. The van der Waals surface area contributed by atoms with E-state index in [9.17, 15) is 38.0 Å². The number of sulfonamides is 1. The number of nitrogens with one attached hydrogen (secondary N) is 3. The van der Waals surface area contributed by atoms with Gasteiger partial charge in [-0.25, -0.2) is 13.2 Å². The largest absolute Gasteiger partial charge is 0.446 e. The van der Waals surface area contributed by atoms with Crippen molar-refractivity contribution in [3.8, 4) is 0 Å². The average Bonchev–Trinajstić information content (AvgIpc) is 3.54. The number of nitro groups is 1. The van der Waals surface area contributed by atoms with Gasteiger partial charge in [0.15, 0.2) is 0 Å². The Morgan fingerprint density at radius 2 is 1.61 bits per heavy atom. The Balaban J connectivity index is 1.80. The van der Waals surface area contributed by atoms with Crippen LogP contribution in [0, 0.1) is 21.4 Å². The lowest BCUT2D eigenvalue weighted by Crippen LogP contribution is -2.59. The van der Waals surface area contributed by atoms with E-state index >= 15 is 0 Å². The number of aliphatic hydroxyl groups excluding tert-OH is 1. The summed E-state index contributed by atoms with van der Waals surface area (Å²) in [6.45, 7) is 8.11. The van der Waals surface area contributed by atoms with Gasteiger partial charge in [-0.15, -0.1) is 0 Å². The molecule has 4 N–H and O–H groups in total. The van der Waals surface area contributed by atoms with Gasteiger partial charge in [-0.2, -0.15) is 4.31 Å². The van der Waals surface area contributed by atoms with E-state index in [4.69, 9.17) is 4.74 Å². The zero-order valence-corrected chi connectivity index (χ0v) is 29.6. The number of ether oxygens (including phenoxy) is 1. The van der Waals surface area contributed by atoms with Crippen molar-refractivity contribution in [2.24, 2.45) is 11.3 Å². The highest BCUT2D eigenvalue weighted by molar-refractivity contribution is 7.89. The number of carbonyl (C=O) groups is 3. The topological polar surface area (TPSA) is 197 Å². The molecule has 0 unspecified atom stereocenters. The SMILES string of the molecule is CC(C)CN(C[C@@H](O)[C@H](Cc1ccccc1)NC(=O)[C@@H](NC(=O)CNC(=O)OC1CCCC1)C(C)(C)C)S(=O)(=O)c1ccc([N+](=O)[O-])cc1. The quantitative estimate of drug-likeness (QED) is 0.149. The molecule has 1 fully saturated rings. The van der Waals surface area contributed by atoms with Crippen LogP contribution in [0.2, 0.25) is 0 Å². The summed E-state index contributed by atoms with van der Waals surface area (Å²) >= 11 is 0. The molecule has 2 aromatic rings. The number of amides is 3. The number of carbonyl (C=O) groups excluding carboxylic acids is 3. The van der Waals surface area contributed by atoms with Crippen LogP contribution in [0.15, 0.2) is 59.5 Å². The first-order chi connectivity index (χ1) is 23.0. The van der Waals surface area contributed by atoms with Crippen molar-refractivity contribution in [1.29, 1.82) is 0 Å². The fourth-order valence-corrected chi connectivity index (χ4v) is 7.18. The molecule has 1 aliphatic rings. The predicted octanol–water partition coefficient (Wildman–Crippen LogP) is 3.53. The number of benzene rings is 2. The van der Waals surface area contributed by atoms with Crippen LogP contribution in [-0.2, 0) is 30.8 Å². The highest BCUT2D eigenvalue weighted by Gasteiger charge is 2.37. The number of hydrogen-bond donors (Lipinski definition) is 4. The van der Waals surface area contributed by atoms with Gasteiger partial charge in [0.25, 0.3) is 5.69 Å². The number of aliphatic hydroxyl groups is 1. The van der Waals surface area contributed by atoms with E-state index in [0.29, 0.717) is 0 Å². The Hall–Kier alpha value is -4.08. The minimum Gasteiger partial charge on any atom is -0.446 e. The fourth-order valence-electron chi connectivity index (χ4n) is 5.56. The summed E-state index contributed by atoms with van der Waals surface area (Å²) in [6.07, 6.45) is 1.36. The lowest BCUT2D eigenvalue weighted by atomic mass is 9.85. The molecule has 2 aromatic carbocycles. The van der Waals surface area contributed by atoms with Crippen molar-refractivity contribution in [2.75, 3.05) is 19.6 Å². The Kier molecular flexibility index (Phi) is 14.1. The van der Waals surface area contributed by atoms with Crippen molar-refractivity contribution in [2.45, 2.75) is 95.9 Å². The standard InChI is InChI=1S/C34H49N5O9S/c1-23(2)21-38(49(46,47)27-17-15-25(16-18-27)39(44)45)22-29(40)28(19-24-11-7-6-8-12-24)36-32(42)31(34(3,4)5)37-30(41)20-35-33(43)48-26-13-9-10-14-26/h6-8,11-12,15-18,23,26,28-29,31,40H,9-10,13-14,19-22H2,1-5H3,(H,35,43)(H,36,42)(H,37,41)/t28-,29+,31+/m0/s1. The first-order valence-corrected chi connectivity index (χ1v) is 17.9. The third-order valence-corrected chi connectivity index (χ3v) is 9.98. The Bertz CT molecular complexity index is 1520. The second-order valence-electron chi connectivity index (χ2n) is 13.9. The van der Waals surface area contributed by atoms with Crippen molar-refractivity contribution < 1.29 is 37.6 Å². The lowest BCUT2D eigenvalue weighted by molar-refractivity contribution is -0.384. The van der Waals surface area contributed by atoms with Gasteiger partial charge in [0, 0.05) is 25.2 Å². The summed E-state index contributed by atoms with van der Waals surface area (Å²) in [7, 11) is -4.21. The van der Waals surface area contributed by atoms with Gasteiger partial charge in [0.2, 0.25) is 21.8 Å². The van der Waals surface area contributed by atoms with Crippen LogP contribution in [0.3, 0.4) is 0 Å². The van der Waals surface area contributed by atoms with Gasteiger partial charge < -0.3 is 25.8 Å². The van der Waals surface area contributed by atoms with Gasteiger partial charge in [0.05, 0.1) is 22.0 Å². The molecular formula is C34H49N5O9S. The monoisotopic (exact) mass is 703 g/mol. The molecule has 3 atom stereocenters. The number of non-ortho nitro benzene ring substituents is 1. The van der Waals surface area contributed by atoms with Crippen LogP contribution < -0.4 is 16.0 Å². The van der Waals surface area contributed by atoms with Gasteiger partial charge in [-0.05, 0) is 61.1 Å². The minimum absolute atomic E-state index is 0.0270. The molecule has 15 heteroatoms.